The molecule has 0 saturated carbocycles. The molecule has 3 rings (SSSR count). The number of anilines is 2. The van der Waals surface area contributed by atoms with Gasteiger partial charge in [-0.1, -0.05) is 12.1 Å². The summed E-state index contributed by atoms with van der Waals surface area (Å²) in [6, 6.07) is 20.5. The van der Waals surface area contributed by atoms with Crippen LogP contribution in [0.2, 0.25) is 0 Å². The van der Waals surface area contributed by atoms with Crippen molar-refractivity contribution in [2.75, 3.05) is 12.4 Å². The molecule has 0 aliphatic heterocycles. The van der Waals surface area contributed by atoms with E-state index in [1.165, 1.54) is 11.1 Å². The smallest absolute Gasteiger partial charge is 0.119 e. The van der Waals surface area contributed by atoms with Gasteiger partial charge in [0.2, 0.25) is 0 Å². The van der Waals surface area contributed by atoms with Gasteiger partial charge in [-0.25, -0.2) is 0 Å². The van der Waals surface area contributed by atoms with E-state index < -0.39 is 0 Å². The number of pyridine rings is 1. The van der Waals surface area contributed by atoms with Gasteiger partial charge in [0.15, 0.2) is 0 Å². The highest BCUT2D eigenvalue weighted by Gasteiger charge is 1.98. The molecule has 110 valence electrons. The van der Waals surface area contributed by atoms with Crippen molar-refractivity contribution < 1.29 is 4.74 Å². The number of aromatic nitrogens is 1. The van der Waals surface area contributed by atoms with Crippen molar-refractivity contribution in [1.82, 2.24) is 4.98 Å². The fourth-order valence-electron chi connectivity index (χ4n) is 2.28. The quantitative estimate of drug-likeness (QED) is 0.755. The van der Waals surface area contributed by atoms with Crippen LogP contribution in [0.1, 0.15) is 11.1 Å². The molecule has 1 N–H and O–H groups in total. The van der Waals surface area contributed by atoms with Crippen LogP contribution < -0.4 is 10.1 Å². The zero-order valence-electron chi connectivity index (χ0n) is 12.5. The highest BCUT2D eigenvalue weighted by molar-refractivity contribution is 5.60. The third-order valence-corrected chi connectivity index (χ3v) is 3.49. The summed E-state index contributed by atoms with van der Waals surface area (Å²) in [6.45, 7) is 0. The molecule has 3 heteroatoms. The van der Waals surface area contributed by atoms with Gasteiger partial charge in [-0.05, 0) is 66.1 Å². The second kappa shape index (κ2) is 6.76. The number of benzene rings is 2. The number of nitrogens with one attached hydrogen (secondary N) is 1. The highest BCUT2D eigenvalue weighted by Crippen LogP contribution is 2.20. The van der Waals surface area contributed by atoms with Crippen LogP contribution in [-0.2, 0) is 6.42 Å². The Labute approximate surface area is 130 Å². The van der Waals surface area contributed by atoms with Crippen LogP contribution >= 0.6 is 0 Å². The van der Waals surface area contributed by atoms with Crippen LogP contribution in [0.5, 0.6) is 5.75 Å². The molecule has 1 aromatic heterocycles. The van der Waals surface area contributed by atoms with E-state index in [1.54, 1.807) is 7.11 Å². The molecule has 0 spiro atoms. The van der Waals surface area contributed by atoms with Gasteiger partial charge < -0.3 is 10.1 Å². The van der Waals surface area contributed by atoms with E-state index in [-0.39, 0.29) is 0 Å². The predicted octanol–water partition coefficient (Wildman–Crippen LogP) is 4.42. The minimum Gasteiger partial charge on any atom is -0.497 e. The summed E-state index contributed by atoms with van der Waals surface area (Å²) < 4.78 is 5.16. The Morgan fingerprint density at radius 2 is 1.32 bits per heavy atom. The van der Waals surface area contributed by atoms with Crippen molar-refractivity contribution in [3.05, 3.63) is 84.2 Å². The van der Waals surface area contributed by atoms with Crippen LogP contribution in [0.4, 0.5) is 11.4 Å². The van der Waals surface area contributed by atoms with E-state index >= 15 is 0 Å². The first kappa shape index (κ1) is 14.1. The normalized spacial score (nSPS) is 10.2. The lowest BCUT2D eigenvalue weighted by molar-refractivity contribution is 0.415. The Morgan fingerprint density at radius 3 is 1.91 bits per heavy atom. The highest BCUT2D eigenvalue weighted by atomic mass is 16.5. The van der Waals surface area contributed by atoms with Crippen LogP contribution in [0, 0.1) is 0 Å². The molecular formula is C19H18N2O. The molecule has 0 bridgehead atoms. The van der Waals surface area contributed by atoms with E-state index in [9.17, 15) is 0 Å². The maximum atomic E-state index is 5.16. The summed E-state index contributed by atoms with van der Waals surface area (Å²) in [5.41, 5.74) is 4.67. The van der Waals surface area contributed by atoms with Gasteiger partial charge in [0.25, 0.3) is 0 Å². The van der Waals surface area contributed by atoms with Gasteiger partial charge in [0, 0.05) is 23.8 Å². The Hall–Kier alpha value is -2.81. The lowest BCUT2D eigenvalue weighted by atomic mass is 10.1. The Morgan fingerprint density at radius 1 is 0.773 bits per heavy atom. The standard InChI is InChI=1S/C19H18N2O/c1-22-19-8-6-18(7-9-19)21-17-4-2-15(3-5-17)14-16-10-12-20-13-11-16/h2-13,21H,14H2,1H3. The Bertz CT molecular complexity index is 707. The van der Waals surface area contributed by atoms with Crippen LogP contribution in [-0.4, -0.2) is 12.1 Å². The summed E-state index contributed by atoms with van der Waals surface area (Å²) >= 11 is 0. The van der Waals surface area contributed by atoms with Crippen molar-refractivity contribution in [3.8, 4) is 5.75 Å². The third-order valence-electron chi connectivity index (χ3n) is 3.49. The fourth-order valence-corrected chi connectivity index (χ4v) is 2.28. The van der Waals surface area contributed by atoms with Gasteiger partial charge in [0.05, 0.1) is 7.11 Å². The second-order valence-corrected chi connectivity index (χ2v) is 5.08. The minimum absolute atomic E-state index is 0.859. The number of hydrogen-bond donors (Lipinski definition) is 1. The summed E-state index contributed by atoms with van der Waals surface area (Å²) in [4.78, 5) is 4.04. The molecule has 22 heavy (non-hydrogen) atoms. The topological polar surface area (TPSA) is 34.1 Å². The number of ether oxygens (including phenoxy) is 1. The van der Waals surface area contributed by atoms with Gasteiger partial charge in [-0.3, -0.25) is 4.98 Å². The van der Waals surface area contributed by atoms with Crippen molar-refractivity contribution in [2.45, 2.75) is 6.42 Å². The largest absolute Gasteiger partial charge is 0.497 e. The van der Waals surface area contributed by atoms with Gasteiger partial charge in [-0.15, -0.1) is 0 Å². The third kappa shape index (κ3) is 3.64. The molecule has 0 unspecified atom stereocenters. The van der Waals surface area contributed by atoms with E-state index in [0.717, 1.165) is 23.5 Å². The van der Waals surface area contributed by atoms with Gasteiger partial charge >= 0.3 is 0 Å². The molecule has 3 aromatic rings. The average Bonchev–Trinajstić information content (AvgIpc) is 2.58. The van der Waals surface area contributed by atoms with E-state index in [0.29, 0.717) is 0 Å². The SMILES string of the molecule is COc1ccc(Nc2ccc(Cc3ccncc3)cc2)cc1. The van der Waals surface area contributed by atoms with E-state index in [2.05, 4.69) is 34.6 Å². The molecule has 0 radical (unpaired) electrons. The Balaban J connectivity index is 1.66. The lowest BCUT2D eigenvalue weighted by Gasteiger charge is -2.08. The van der Waals surface area contributed by atoms with Crippen molar-refractivity contribution in [3.63, 3.8) is 0 Å². The summed E-state index contributed by atoms with van der Waals surface area (Å²) in [5, 5.41) is 3.38. The molecule has 2 aromatic carbocycles. The molecule has 0 amide bonds. The first-order chi connectivity index (χ1) is 10.8. The fraction of sp³-hybridized carbons (Fsp3) is 0.105. The van der Waals surface area contributed by atoms with Crippen LogP contribution in [0.15, 0.2) is 73.1 Å². The molecule has 0 fully saturated rings. The zero-order chi connectivity index (χ0) is 15.2. The molecule has 3 nitrogen and oxygen atoms in total. The number of methoxy groups -OCH3 is 1. The molecule has 0 atom stereocenters. The summed E-state index contributed by atoms with van der Waals surface area (Å²) in [7, 11) is 1.67. The molecule has 1 heterocycles. The van der Waals surface area contributed by atoms with E-state index in [1.807, 2.05) is 48.8 Å². The second-order valence-electron chi connectivity index (χ2n) is 5.08. The first-order valence-electron chi connectivity index (χ1n) is 7.22. The zero-order valence-corrected chi connectivity index (χ0v) is 12.5. The number of rotatable bonds is 5. The minimum atomic E-state index is 0.859. The van der Waals surface area contributed by atoms with Crippen LogP contribution in [0.3, 0.4) is 0 Å². The van der Waals surface area contributed by atoms with Crippen LogP contribution in [0.25, 0.3) is 0 Å². The monoisotopic (exact) mass is 290 g/mol. The maximum absolute atomic E-state index is 5.16. The van der Waals surface area contributed by atoms with Crippen molar-refractivity contribution >= 4 is 11.4 Å². The Kier molecular flexibility index (Phi) is 4.35. The number of nitrogens with zero attached hydrogens (tertiary/aromatic N) is 1. The molecular weight excluding hydrogens is 272 g/mol. The maximum Gasteiger partial charge on any atom is 0.119 e. The van der Waals surface area contributed by atoms with Crippen molar-refractivity contribution in [1.29, 1.82) is 0 Å². The average molecular weight is 290 g/mol. The van der Waals surface area contributed by atoms with Gasteiger partial charge in [0.1, 0.15) is 5.75 Å². The molecule has 0 aliphatic carbocycles. The predicted molar refractivity (Wildman–Crippen MR) is 89.8 cm³/mol. The molecule has 0 aliphatic rings. The lowest BCUT2D eigenvalue weighted by Crippen LogP contribution is -1.92. The van der Waals surface area contributed by atoms with Crippen molar-refractivity contribution in [2.24, 2.45) is 0 Å². The summed E-state index contributed by atoms with van der Waals surface area (Å²) in [5.74, 6) is 0.859. The molecule has 0 saturated heterocycles. The summed E-state index contributed by atoms with van der Waals surface area (Å²) in [6.07, 6.45) is 4.58. The van der Waals surface area contributed by atoms with E-state index in [4.69, 9.17) is 4.74 Å². The number of hydrogen-bond acceptors (Lipinski definition) is 3. The van der Waals surface area contributed by atoms with Gasteiger partial charge in [-0.2, -0.15) is 0 Å². The first-order valence-corrected chi connectivity index (χ1v) is 7.22.